The third-order valence-electron chi connectivity index (χ3n) is 4.49. The molecule has 2 aromatic rings. The largest absolute Gasteiger partial charge is 0.497 e. The molecule has 1 aliphatic rings. The second-order valence-corrected chi connectivity index (χ2v) is 6.69. The summed E-state index contributed by atoms with van der Waals surface area (Å²) in [6.45, 7) is 2.41. The predicted molar refractivity (Wildman–Crippen MR) is 98.5 cm³/mol. The molecule has 0 aliphatic carbocycles. The van der Waals surface area contributed by atoms with Gasteiger partial charge in [-0.3, -0.25) is 9.59 Å². The van der Waals surface area contributed by atoms with Crippen molar-refractivity contribution in [1.82, 2.24) is 15.2 Å². The van der Waals surface area contributed by atoms with Gasteiger partial charge in [-0.2, -0.15) is 0 Å². The number of likely N-dealkylation sites (tertiary alicyclic amines) is 1. The molecule has 1 aromatic carbocycles. The fourth-order valence-corrected chi connectivity index (χ4v) is 3.34. The molecule has 26 heavy (non-hydrogen) atoms. The van der Waals surface area contributed by atoms with Crippen LogP contribution in [-0.4, -0.2) is 47.9 Å². The van der Waals surface area contributed by atoms with Crippen LogP contribution < -0.4 is 10.1 Å². The van der Waals surface area contributed by atoms with E-state index >= 15 is 0 Å². The maximum atomic E-state index is 12.8. The van der Waals surface area contributed by atoms with E-state index in [9.17, 15) is 9.59 Å². The van der Waals surface area contributed by atoms with Crippen LogP contribution in [0.1, 0.15) is 28.9 Å². The summed E-state index contributed by atoms with van der Waals surface area (Å²) in [7, 11) is 1.62. The number of rotatable bonds is 4. The standard InChI is InChI=1S/C19H20ClN3O3/c1-12(24)22-18-11-23(19(25)17-8-5-14(20)9-21-17)10-16(18)13-3-6-15(26-2)7-4-13/h3-9,16,18H,10-11H2,1-2H3,(H,22,24)/t16-,18+/m0/s1. The summed E-state index contributed by atoms with van der Waals surface area (Å²) >= 11 is 5.84. The molecule has 7 heteroatoms. The summed E-state index contributed by atoms with van der Waals surface area (Å²) in [6.07, 6.45) is 1.46. The lowest BCUT2D eigenvalue weighted by molar-refractivity contribution is -0.119. The number of benzene rings is 1. The van der Waals surface area contributed by atoms with Crippen molar-refractivity contribution in [2.45, 2.75) is 18.9 Å². The van der Waals surface area contributed by atoms with E-state index in [1.807, 2.05) is 24.3 Å². The van der Waals surface area contributed by atoms with Gasteiger partial charge in [-0.05, 0) is 29.8 Å². The number of hydrogen-bond acceptors (Lipinski definition) is 4. The van der Waals surface area contributed by atoms with Crippen molar-refractivity contribution < 1.29 is 14.3 Å². The third-order valence-corrected chi connectivity index (χ3v) is 4.71. The Hall–Kier alpha value is -2.60. The molecule has 6 nitrogen and oxygen atoms in total. The van der Waals surface area contributed by atoms with Crippen molar-refractivity contribution in [2.24, 2.45) is 0 Å². The molecule has 1 aromatic heterocycles. The number of nitrogens with one attached hydrogen (secondary N) is 1. The third kappa shape index (κ3) is 3.96. The highest BCUT2D eigenvalue weighted by Crippen LogP contribution is 2.30. The van der Waals surface area contributed by atoms with Crippen molar-refractivity contribution in [3.8, 4) is 5.75 Å². The number of ether oxygens (including phenoxy) is 1. The van der Waals surface area contributed by atoms with Crippen molar-refractivity contribution in [3.63, 3.8) is 0 Å². The van der Waals surface area contributed by atoms with Gasteiger partial charge < -0.3 is 15.0 Å². The van der Waals surface area contributed by atoms with E-state index in [0.717, 1.165) is 11.3 Å². The zero-order valence-corrected chi connectivity index (χ0v) is 15.4. The molecular weight excluding hydrogens is 354 g/mol. The summed E-state index contributed by atoms with van der Waals surface area (Å²) in [5.74, 6) is 0.475. The van der Waals surface area contributed by atoms with Gasteiger partial charge in [0.15, 0.2) is 0 Å². The molecule has 1 fully saturated rings. The second kappa shape index (κ2) is 7.74. The van der Waals surface area contributed by atoms with E-state index < -0.39 is 0 Å². The molecule has 0 bridgehead atoms. The van der Waals surface area contributed by atoms with Gasteiger partial charge in [0.25, 0.3) is 5.91 Å². The Labute approximate surface area is 157 Å². The lowest BCUT2D eigenvalue weighted by Crippen LogP contribution is -2.39. The minimum atomic E-state index is -0.173. The molecule has 0 radical (unpaired) electrons. The minimum absolute atomic E-state index is 0.000978. The second-order valence-electron chi connectivity index (χ2n) is 6.26. The Bertz CT molecular complexity index is 793. The lowest BCUT2D eigenvalue weighted by Gasteiger charge is -2.19. The molecule has 3 rings (SSSR count). The van der Waals surface area contributed by atoms with Gasteiger partial charge in [0, 0.05) is 32.1 Å². The van der Waals surface area contributed by atoms with Gasteiger partial charge in [-0.1, -0.05) is 23.7 Å². The first-order chi connectivity index (χ1) is 12.5. The highest BCUT2D eigenvalue weighted by atomic mass is 35.5. The molecule has 2 amide bonds. The van der Waals surface area contributed by atoms with Crippen molar-refractivity contribution >= 4 is 23.4 Å². The number of nitrogens with zero attached hydrogens (tertiary/aromatic N) is 2. The number of amides is 2. The Morgan fingerprint density at radius 1 is 1.19 bits per heavy atom. The maximum Gasteiger partial charge on any atom is 0.272 e. The normalized spacial score (nSPS) is 19.3. The number of methoxy groups -OCH3 is 1. The first-order valence-electron chi connectivity index (χ1n) is 8.30. The molecule has 0 spiro atoms. The topological polar surface area (TPSA) is 71.5 Å². The van der Waals surface area contributed by atoms with E-state index in [1.54, 1.807) is 24.1 Å². The molecule has 136 valence electrons. The zero-order valence-electron chi connectivity index (χ0n) is 14.6. The first kappa shape index (κ1) is 18.2. The van der Waals surface area contributed by atoms with E-state index in [1.165, 1.54) is 13.1 Å². The van der Waals surface area contributed by atoms with Gasteiger partial charge in [-0.25, -0.2) is 4.98 Å². The molecule has 2 heterocycles. The lowest BCUT2D eigenvalue weighted by atomic mass is 9.94. The predicted octanol–water partition coefficient (Wildman–Crippen LogP) is 2.49. The summed E-state index contributed by atoms with van der Waals surface area (Å²) in [4.78, 5) is 30.2. The van der Waals surface area contributed by atoms with Crippen LogP contribution in [0.25, 0.3) is 0 Å². The number of carbonyl (C=O) groups is 2. The van der Waals surface area contributed by atoms with Crippen LogP contribution in [0.3, 0.4) is 0 Å². The molecule has 0 saturated carbocycles. The summed E-state index contributed by atoms with van der Waals surface area (Å²) < 4.78 is 5.20. The van der Waals surface area contributed by atoms with Crippen LogP contribution in [0, 0.1) is 0 Å². The Morgan fingerprint density at radius 3 is 2.50 bits per heavy atom. The van der Waals surface area contributed by atoms with Gasteiger partial charge in [0.1, 0.15) is 11.4 Å². The number of aromatic nitrogens is 1. The number of carbonyl (C=O) groups excluding carboxylic acids is 2. The van der Waals surface area contributed by atoms with Crippen LogP contribution in [-0.2, 0) is 4.79 Å². The summed E-state index contributed by atoms with van der Waals surface area (Å²) in [6, 6.07) is 10.8. The minimum Gasteiger partial charge on any atom is -0.497 e. The van der Waals surface area contributed by atoms with Crippen LogP contribution in [0.4, 0.5) is 0 Å². The van der Waals surface area contributed by atoms with E-state index in [2.05, 4.69) is 10.3 Å². The van der Waals surface area contributed by atoms with Gasteiger partial charge in [0.05, 0.1) is 18.2 Å². The van der Waals surface area contributed by atoms with Crippen LogP contribution in [0.5, 0.6) is 5.75 Å². The fourth-order valence-electron chi connectivity index (χ4n) is 3.23. The Kier molecular flexibility index (Phi) is 5.42. The summed E-state index contributed by atoms with van der Waals surface area (Å²) in [5.41, 5.74) is 1.38. The molecule has 2 atom stereocenters. The Balaban J connectivity index is 1.82. The van der Waals surface area contributed by atoms with Crippen molar-refractivity contribution in [1.29, 1.82) is 0 Å². The number of pyridine rings is 1. The van der Waals surface area contributed by atoms with Crippen LogP contribution in [0.15, 0.2) is 42.6 Å². The van der Waals surface area contributed by atoms with Gasteiger partial charge >= 0.3 is 0 Å². The SMILES string of the molecule is COc1ccc([C@@H]2CN(C(=O)c3ccc(Cl)cn3)C[C@H]2NC(C)=O)cc1. The zero-order chi connectivity index (χ0) is 18.7. The summed E-state index contributed by atoms with van der Waals surface area (Å²) in [5, 5.41) is 3.44. The highest BCUT2D eigenvalue weighted by molar-refractivity contribution is 6.30. The molecule has 1 N–H and O–H groups in total. The quantitative estimate of drug-likeness (QED) is 0.893. The van der Waals surface area contributed by atoms with Crippen molar-refractivity contribution in [2.75, 3.05) is 20.2 Å². The van der Waals surface area contributed by atoms with Crippen LogP contribution >= 0.6 is 11.6 Å². The number of hydrogen-bond donors (Lipinski definition) is 1. The van der Waals surface area contributed by atoms with E-state index in [-0.39, 0.29) is 23.8 Å². The van der Waals surface area contributed by atoms with Gasteiger partial charge in [-0.15, -0.1) is 0 Å². The highest BCUT2D eigenvalue weighted by Gasteiger charge is 2.37. The fraction of sp³-hybridized carbons (Fsp3) is 0.316. The maximum absolute atomic E-state index is 12.8. The molecule has 1 saturated heterocycles. The monoisotopic (exact) mass is 373 g/mol. The molecular formula is C19H20ClN3O3. The first-order valence-corrected chi connectivity index (χ1v) is 8.67. The van der Waals surface area contributed by atoms with E-state index in [0.29, 0.717) is 23.8 Å². The van der Waals surface area contributed by atoms with E-state index in [4.69, 9.17) is 16.3 Å². The molecule has 0 unspecified atom stereocenters. The van der Waals surface area contributed by atoms with Gasteiger partial charge in [0.2, 0.25) is 5.91 Å². The Morgan fingerprint density at radius 2 is 1.92 bits per heavy atom. The average molecular weight is 374 g/mol. The smallest absolute Gasteiger partial charge is 0.272 e. The van der Waals surface area contributed by atoms with Crippen LogP contribution in [0.2, 0.25) is 5.02 Å². The molecule has 1 aliphatic heterocycles. The average Bonchev–Trinajstić information content (AvgIpc) is 3.05. The number of halogens is 1. The van der Waals surface area contributed by atoms with Crippen molar-refractivity contribution in [3.05, 3.63) is 58.9 Å².